The average molecular weight is 395 g/mol. The van der Waals surface area contributed by atoms with Crippen LogP contribution in [0.3, 0.4) is 0 Å². The Balaban J connectivity index is 1.83. The van der Waals surface area contributed by atoms with Crippen molar-refractivity contribution in [3.05, 3.63) is 70.7 Å². The fraction of sp³-hybridized carbons (Fsp3) is 0.238. The maximum atomic E-state index is 12.7. The van der Waals surface area contributed by atoms with E-state index in [1.54, 1.807) is 24.4 Å². The Bertz CT molecular complexity index is 1090. The lowest BCUT2D eigenvalue weighted by atomic mass is 10.1. The van der Waals surface area contributed by atoms with Crippen molar-refractivity contribution in [1.82, 2.24) is 14.5 Å². The van der Waals surface area contributed by atoms with Gasteiger partial charge in [-0.3, -0.25) is 14.2 Å². The summed E-state index contributed by atoms with van der Waals surface area (Å²) < 4.78 is 1.51. The van der Waals surface area contributed by atoms with Crippen molar-refractivity contribution in [2.45, 2.75) is 32.0 Å². The summed E-state index contributed by atoms with van der Waals surface area (Å²) >= 11 is 1.21. The van der Waals surface area contributed by atoms with Crippen molar-refractivity contribution in [2.24, 2.45) is 0 Å². The first-order valence-corrected chi connectivity index (χ1v) is 10.0. The quantitative estimate of drug-likeness (QED) is 0.377. The van der Waals surface area contributed by atoms with Gasteiger partial charge in [0.2, 0.25) is 5.91 Å². The molecule has 144 valence electrons. The fourth-order valence-electron chi connectivity index (χ4n) is 2.94. The lowest BCUT2D eigenvalue weighted by Gasteiger charge is -2.14. The highest BCUT2D eigenvalue weighted by Crippen LogP contribution is 2.22. The summed E-state index contributed by atoms with van der Waals surface area (Å²) in [5, 5.41) is 3.89. The zero-order valence-electron chi connectivity index (χ0n) is 15.9. The first-order valence-electron chi connectivity index (χ1n) is 9.02. The number of hydrogen-bond acceptors (Lipinski definition) is 5. The molecule has 0 aliphatic rings. The molecule has 0 atom stereocenters. The van der Waals surface area contributed by atoms with Gasteiger partial charge in [-0.1, -0.05) is 43.0 Å². The second-order valence-corrected chi connectivity index (χ2v) is 7.22. The van der Waals surface area contributed by atoms with E-state index in [4.69, 9.17) is 0 Å². The molecule has 0 bridgehead atoms. The Labute approximate surface area is 167 Å². The molecule has 0 fully saturated rings. The van der Waals surface area contributed by atoms with Crippen LogP contribution in [0.15, 0.2) is 59.1 Å². The largest absolute Gasteiger partial charge is 0.325 e. The molecule has 28 heavy (non-hydrogen) atoms. The van der Waals surface area contributed by atoms with Crippen LogP contribution in [0.1, 0.15) is 18.1 Å². The van der Waals surface area contributed by atoms with Gasteiger partial charge in [0.05, 0.1) is 11.1 Å². The van der Waals surface area contributed by atoms with Gasteiger partial charge in [0, 0.05) is 18.4 Å². The van der Waals surface area contributed by atoms with Crippen molar-refractivity contribution < 1.29 is 4.79 Å². The Kier molecular flexibility index (Phi) is 6.26. The summed E-state index contributed by atoms with van der Waals surface area (Å²) in [5.41, 5.74) is 3.16. The zero-order valence-corrected chi connectivity index (χ0v) is 16.8. The van der Waals surface area contributed by atoms with Crippen molar-refractivity contribution in [1.29, 1.82) is 0 Å². The number of allylic oxidation sites excluding steroid dienone is 1. The smallest absolute Gasteiger partial charge is 0.263 e. The van der Waals surface area contributed by atoms with E-state index in [9.17, 15) is 9.59 Å². The Hall–Kier alpha value is -2.93. The van der Waals surface area contributed by atoms with E-state index in [0.717, 1.165) is 23.2 Å². The predicted molar refractivity (Wildman–Crippen MR) is 114 cm³/mol. The van der Waals surface area contributed by atoms with Gasteiger partial charge >= 0.3 is 0 Å². The summed E-state index contributed by atoms with van der Waals surface area (Å²) in [6.45, 7) is 8.05. The van der Waals surface area contributed by atoms with Crippen LogP contribution >= 0.6 is 11.8 Å². The molecule has 0 aliphatic heterocycles. The molecule has 7 heteroatoms. The number of aryl methyl sites for hydroxylation is 2. The normalized spacial score (nSPS) is 10.8. The monoisotopic (exact) mass is 394 g/mol. The number of amides is 1. The standard InChI is InChI=1S/C21H22N4O2S/c1-4-12-25-20(27)16-10-7-11-22-19(16)24-21(25)28-13-17(26)23-18-14(3)8-6-9-15(18)5-2/h4,6-11H,1,5,12-13H2,2-3H3,(H,23,26). The number of nitrogens with zero attached hydrogens (tertiary/aromatic N) is 3. The number of nitrogens with one attached hydrogen (secondary N) is 1. The molecule has 1 amide bonds. The van der Waals surface area contributed by atoms with Gasteiger partial charge in [0.25, 0.3) is 5.56 Å². The fourth-order valence-corrected chi connectivity index (χ4v) is 3.74. The average Bonchev–Trinajstić information content (AvgIpc) is 2.70. The minimum atomic E-state index is -0.187. The molecule has 0 saturated heterocycles. The van der Waals surface area contributed by atoms with E-state index < -0.39 is 0 Å². The molecular formula is C21H22N4O2S. The maximum absolute atomic E-state index is 12.7. The highest BCUT2D eigenvalue weighted by molar-refractivity contribution is 7.99. The first-order chi connectivity index (χ1) is 13.5. The zero-order chi connectivity index (χ0) is 20.1. The van der Waals surface area contributed by atoms with Crippen molar-refractivity contribution >= 4 is 34.4 Å². The number of carbonyl (C=O) groups is 1. The molecular weight excluding hydrogens is 372 g/mol. The lowest BCUT2D eigenvalue weighted by Crippen LogP contribution is -2.24. The number of anilines is 1. The summed E-state index contributed by atoms with van der Waals surface area (Å²) in [5.74, 6) is -0.00566. The predicted octanol–water partition coefficient (Wildman–Crippen LogP) is 3.58. The number of rotatable bonds is 7. The first kappa shape index (κ1) is 19.8. The van der Waals surface area contributed by atoms with Crippen LogP contribution in [0.2, 0.25) is 0 Å². The van der Waals surface area contributed by atoms with Crippen LogP contribution in [-0.4, -0.2) is 26.2 Å². The summed E-state index contributed by atoms with van der Waals surface area (Å²) in [4.78, 5) is 33.9. The van der Waals surface area contributed by atoms with Crippen molar-refractivity contribution in [3.8, 4) is 0 Å². The summed E-state index contributed by atoms with van der Waals surface area (Å²) in [7, 11) is 0. The van der Waals surface area contributed by atoms with E-state index in [1.807, 2.05) is 25.1 Å². The van der Waals surface area contributed by atoms with Crippen LogP contribution in [0.25, 0.3) is 11.0 Å². The second kappa shape index (κ2) is 8.84. The molecule has 3 rings (SSSR count). The van der Waals surface area contributed by atoms with Gasteiger partial charge in [-0.25, -0.2) is 9.97 Å². The van der Waals surface area contributed by atoms with Gasteiger partial charge < -0.3 is 5.32 Å². The van der Waals surface area contributed by atoms with Crippen LogP contribution in [0, 0.1) is 6.92 Å². The maximum Gasteiger partial charge on any atom is 0.263 e. The number of carbonyl (C=O) groups excluding carboxylic acids is 1. The molecule has 2 aromatic heterocycles. The van der Waals surface area contributed by atoms with Gasteiger partial charge in [-0.05, 0) is 36.6 Å². The van der Waals surface area contributed by atoms with Gasteiger partial charge in [-0.2, -0.15) is 0 Å². The van der Waals surface area contributed by atoms with Crippen molar-refractivity contribution in [2.75, 3.05) is 11.1 Å². The molecule has 0 aliphatic carbocycles. The van der Waals surface area contributed by atoms with Gasteiger partial charge in [0.1, 0.15) is 0 Å². The highest BCUT2D eigenvalue weighted by atomic mass is 32.2. The highest BCUT2D eigenvalue weighted by Gasteiger charge is 2.14. The number of thioether (sulfide) groups is 1. The SMILES string of the molecule is C=CCn1c(SCC(=O)Nc2c(C)cccc2CC)nc2ncccc2c1=O. The minimum Gasteiger partial charge on any atom is -0.325 e. The summed E-state index contributed by atoms with van der Waals surface area (Å²) in [6.07, 6.45) is 4.07. The molecule has 1 aromatic carbocycles. The number of pyridine rings is 1. The van der Waals surface area contributed by atoms with Crippen LogP contribution < -0.4 is 10.9 Å². The Morgan fingerprint density at radius 3 is 2.89 bits per heavy atom. The lowest BCUT2D eigenvalue weighted by molar-refractivity contribution is -0.113. The van der Waals surface area contributed by atoms with Crippen molar-refractivity contribution in [3.63, 3.8) is 0 Å². The molecule has 3 aromatic rings. The molecule has 6 nitrogen and oxygen atoms in total. The Morgan fingerprint density at radius 2 is 2.14 bits per heavy atom. The number of hydrogen-bond donors (Lipinski definition) is 1. The Morgan fingerprint density at radius 1 is 1.32 bits per heavy atom. The molecule has 0 unspecified atom stereocenters. The van der Waals surface area contributed by atoms with Gasteiger partial charge in [0.15, 0.2) is 10.8 Å². The van der Waals surface area contributed by atoms with Crippen LogP contribution in [0.4, 0.5) is 5.69 Å². The second-order valence-electron chi connectivity index (χ2n) is 6.27. The number of fused-ring (bicyclic) bond motifs is 1. The summed E-state index contributed by atoms with van der Waals surface area (Å²) in [6, 6.07) is 9.37. The number of benzene rings is 1. The molecule has 0 spiro atoms. The van der Waals surface area contributed by atoms with Crippen LogP contribution in [-0.2, 0) is 17.8 Å². The third-order valence-electron chi connectivity index (χ3n) is 4.34. The third-order valence-corrected chi connectivity index (χ3v) is 5.32. The van der Waals surface area contributed by atoms with Crippen LogP contribution in [0.5, 0.6) is 0 Å². The van der Waals surface area contributed by atoms with E-state index >= 15 is 0 Å². The topological polar surface area (TPSA) is 76.9 Å². The third kappa shape index (κ3) is 4.14. The van der Waals surface area contributed by atoms with E-state index in [0.29, 0.717) is 22.7 Å². The van der Waals surface area contributed by atoms with E-state index in [1.165, 1.54) is 16.3 Å². The molecule has 0 saturated carbocycles. The minimum absolute atomic E-state index is 0.138. The number of aromatic nitrogens is 3. The molecule has 1 N–H and O–H groups in total. The van der Waals surface area contributed by atoms with E-state index in [-0.39, 0.29) is 17.2 Å². The molecule has 2 heterocycles. The van der Waals surface area contributed by atoms with E-state index in [2.05, 4.69) is 28.8 Å². The van der Waals surface area contributed by atoms with Gasteiger partial charge in [-0.15, -0.1) is 6.58 Å². The number of para-hydroxylation sites is 1. The molecule has 0 radical (unpaired) electrons.